The summed E-state index contributed by atoms with van der Waals surface area (Å²) in [7, 11) is -2.61. The van der Waals surface area contributed by atoms with E-state index in [2.05, 4.69) is 10.6 Å². The van der Waals surface area contributed by atoms with Crippen molar-refractivity contribution in [3.8, 4) is 5.75 Å². The number of nitrogens with zero attached hydrogens (tertiary/aromatic N) is 1. The van der Waals surface area contributed by atoms with Gasteiger partial charge in [-0.25, -0.2) is 5.48 Å². The Kier molecular flexibility index (Phi) is 12.8. The van der Waals surface area contributed by atoms with Gasteiger partial charge in [0, 0.05) is 20.0 Å². The summed E-state index contributed by atoms with van der Waals surface area (Å²) in [6.45, 7) is 3.41. The number of imide groups is 1. The van der Waals surface area contributed by atoms with Crippen molar-refractivity contribution in [1.82, 2.24) is 21.0 Å². The Bertz CT molecular complexity index is 1490. The van der Waals surface area contributed by atoms with Crippen LogP contribution < -0.4 is 20.9 Å². The summed E-state index contributed by atoms with van der Waals surface area (Å²) < 4.78 is 36.1. The van der Waals surface area contributed by atoms with Gasteiger partial charge in [-0.3, -0.25) is 38.6 Å². The highest BCUT2D eigenvalue weighted by Crippen LogP contribution is 2.28. The predicted molar refractivity (Wildman–Crippen MR) is 165 cm³/mol. The molecule has 0 fully saturated rings. The average molecular weight is 661 g/mol. The van der Waals surface area contributed by atoms with Crippen LogP contribution in [0.2, 0.25) is 0 Å². The summed E-state index contributed by atoms with van der Waals surface area (Å²) in [5.74, 6) is -5.78. The molecule has 46 heavy (non-hydrogen) atoms. The van der Waals surface area contributed by atoms with E-state index >= 15 is 0 Å². The first kappa shape index (κ1) is 36.1. The highest BCUT2D eigenvalue weighted by molar-refractivity contribution is 7.85. The van der Waals surface area contributed by atoms with Crippen LogP contribution in [-0.4, -0.2) is 84.6 Å². The summed E-state index contributed by atoms with van der Waals surface area (Å²) >= 11 is 0. The lowest BCUT2D eigenvalue weighted by atomic mass is 9.83. The molecule has 3 atom stereocenters. The molecule has 5 amide bonds. The number of amides is 5. The lowest BCUT2D eigenvalue weighted by Gasteiger charge is -2.30. The Balaban J connectivity index is 1.75. The monoisotopic (exact) mass is 660 g/mol. The Morgan fingerprint density at radius 2 is 1.50 bits per heavy atom. The molecule has 2 aromatic carbocycles. The summed E-state index contributed by atoms with van der Waals surface area (Å²) in [5, 5.41) is 14.8. The molecule has 1 heterocycles. The van der Waals surface area contributed by atoms with E-state index in [0.29, 0.717) is 17.7 Å². The second kappa shape index (κ2) is 16.3. The fraction of sp³-hybridized carbons (Fsp3) is 0.452. The van der Waals surface area contributed by atoms with Gasteiger partial charge in [0.2, 0.25) is 17.7 Å². The fourth-order valence-electron chi connectivity index (χ4n) is 5.24. The van der Waals surface area contributed by atoms with Crippen molar-refractivity contribution >= 4 is 39.7 Å². The van der Waals surface area contributed by atoms with Crippen molar-refractivity contribution in [2.75, 3.05) is 26.0 Å². The van der Waals surface area contributed by atoms with Gasteiger partial charge in [0.25, 0.3) is 21.9 Å². The lowest BCUT2D eigenvalue weighted by molar-refractivity contribution is -0.142. The molecule has 1 aliphatic rings. The van der Waals surface area contributed by atoms with E-state index in [-0.39, 0.29) is 48.7 Å². The van der Waals surface area contributed by atoms with E-state index in [1.54, 1.807) is 41.9 Å². The Hall–Kier alpha value is -4.34. The van der Waals surface area contributed by atoms with Gasteiger partial charge < -0.3 is 15.4 Å². The van der Waals surface area contributed by atoms with E-state index in [1.165, 1.54) is 19.2 Å². The standard InChI is InChI=1S/C31H40N4O10S/c1-19(2)16-24(25(28(37)34-41)18-35-30(39)22-8-4-5-9-23(22)31(35)40)27(36)33-26(29(38)32-3)17-20-10-12-21(13-11-20)45-14-6-7-15-46(42,43)44/h4-5,8-13,19,24-26,41H,6-7,14-18H2,1-3H3,(H,32,38)(H,33,36)(H,34,37)(H,42,43,44). The molecule has 0 spiro atoms. The van der Waals surface area contributed by atoms with Crippen LogP contribution >= 0.6 is 0 Å². The van der Waals surface area contributed by atoms with Gasteiger partial charge in [-0.2, -0.15) is 8.42 Å². The lowest BCUT2D eigenvalue weighted by Crippen LogP contribution is -2.53. The number of carbonyl (C=O) groups is 5. The van der Waals surface area contributed by atoms with Crippen molar-refractivity contribution in [2.24, 2.45) is 17.8 Å². The maximum Gasteiger partial charge on any atom is 0.264 e. The van der Waals surface area contributed by atoms with Crippen molar-refractivity contribution in [3.63, 3.8) is 0 Å². The minimum Gasteiger partial charge on any atom is -0.494 e. The van der Waals surface area contributed by atoms with Crippen LogP contribution in [0, 0.1) is 17.8 Å². The number of hydrogen-bond donors (Lipinski definition) is 5. The fourth-order valence-corrected chi connectivity index (χ4v) is 5.80. The SMILES string of the molecule is CNC(=O)C(Cc1ccc(OCCCCS(=O)(=O)O)cc1)NC(=O)C(CC(C)C)C(CN1C(=O)c2ccccc2C1=O)C(=O)NO. The molecule has 0 saturated heterocycles. The molecule has 2 aromatic rings. The first-order valence-electron chi connectivity index (χ1n) is 14.8. The second-order valence-electron chi connectivity index (χ2n) is 11.5. The molecule has 0 saturated carbocycles. The van der Waals surface area contributed by atoms with Gasteiger partial charge in [-0.1, -0.05) is 38.1 Å². The number of likely N-dealkylation sites (N-methyl/N-ethyl adjacent to an activating group) is 1. The third kappa shape index (κ3) is 9.83. The molecule has 15 heteroatoms. The smallest absolute Gasteiger partial charge is 0.264 e. The van der Waals surface area contributed by atoms with Crippen LogP contribution in [0.5, 0.6) is 5.75 Å². The predicted octanol–water partition coefficient (Wildman–Crippen LogP) is 1.59. The van der Waals surface area contributed by atoms with Crippen LogP contribution in [0.15, 0.2) is 48.5 Å². The number of fused-ring (bicyclic) bond motifs is 1. The second-order valence-corrected chi connectivity index (χ2v) is 13.0. The number of rotatable bonds is 17. The highest BCUT2D eigenvalue weighted by atomic mass is 32.2. The third-order valence-electron chi connectivity index (χ3n) is 7.56. The quantitative estimate of drug-likeness (QED) is 0.0544. The van der Waals surface area contributed by atoms with Crippen molar-refractivity contribution in [2.45, 2.75) is 45.6 Å². The van der Waals surface area contributed by atoms with Crippen LogP contribution in [0.4, 0.5) is 0 Å². The average Bonchev–Trinajstić information content (AvgIpc) is 3.26. The largest absolute Gasteiger partial charge is 0.494 e. The molecule has 0 radical (unpaired) electrons. The van der Waals surface area contributed by atoms with Crippen molar-refractivity contribution in [3.05, 3.63) is 65.2 Å². The number of ether oxygens (including phenoxy) is 1. The molecule has 3 rings (SSSR count). The van der Waals surface area contributed by atoms with Crippen LogP contribution in [0.25, 0.3) is 0 Å². The van der Waals surface area contributed by atoms with E-state index in [1.807, 2.05) is 13.8 Å². The summed E-state index contributed by atoms with van der Waals surface area (Å²) in [4.78, 5) is 66.6. The maximum absolute atomic E-state index is 13.8. The Labute approximate surface area is 267 Å². The number of carbonyl (C=O) groups excluding carboxylic acids is 5. The van der Waals surface area contributed by atoms with Crippen LogP contribution in [0.3, 0.4) is 0 Å². The molecular weight excluding hydrogens is 620 g/mol. The van der Waals surface area contributed by atoms with Crippen LogP contribution in [0.1, 0.15) is 59.4 Å². The number of hydrogen-bond acceptors (Lipinski definition) is 9. The zero-order valence-electron chi connectivity index (χ0n) is 25.9. The Morgan fingerprint density at radius 1 is 0.891 bits per heavy atom. The number of nitrogens with one attached hydrogen (secondary N) is 3. The molecule has 0 aromatic heterocycles. The van der Waals surface area contributed by atoms with Gasteiger partial charge in [0.15, 0.2) is 0 Å². The topological polar surface area (TPSA) is 209 Å². The molecule has 14 nitrogen and oxygen atoms in total. The molecule has 3 unspecified atom stereocenters. The van der Waals surface area contributed by atoms with Gasteiger partial charge in [-0.15, -0.1) is 0 Å². The van der Waals surface area contributed by atoms with Gasteiger partial charge in [0.1, 0.15) is 11.8 Å². The minimum absolute atomic E-state index is 0.0731. The molecular formula is C31H40N4O10S. The van der Waals surface area contributed by atoms with E-state index in [0.717, 1.165) is 4.90 Å². The number of unbranched alkanes of at least 4 members (excludes halogenated alkanes) is 1. The summed E-state index contributed by atoms with van der Waals surface area (Å²) in [5.41, 5.74) is 2.58. The van der Waals surface area contributed by atoms with Gasteiger partial charge in [0.05, 0.1) is 35.3 Å². The Morgan fingerprint density at radius 3 is 2.02 bits per heavy atom. The first-order valence-corrected chi connectivity index (χ1v) is 16.4. The molecule has 250 valence electrons. The van der Waals surface area contributed by atoms with E-state index < -0.39 is 64.1 Å². The minimum atomic E-state index is -4.03. The molecule has 1 aliphatic heterocycles. The normalized spacial score (nSPS) is 14.8. The van der Waals surface area contributed by atoms with Crippen molar-refractivity contribution < 1.29 is 46.9 Å². The van der Waals surface area contributed by atoms with Gasteiger partial charge in [-0.05, 0) is 55.0 Å². The number of hydroxylamine groups is 1. The maximum atomic E-state index is 13.8. The van der Waals surface area contributed by atoms with Crippen molar-refractivity contribution in [1.29, 1.82) is 0 Å². The number of benzene rings is 2. The van der Waals surface area contributed by atoms with E-state index in [4.69, 9.17) is 9.29 Å². The molecule has 0 aliphatic carbocycles. The highest BCUT2D eigenvalue weighted by Gasteiger charge is 2.42. The van der Waals surface area contributed by atoms with Crippen LogP contribution in [-0.2, 0) is 30.9 Å². The zero-order valence-corrected chi connectivity index (χ0v) is 26.7. The third-order valence-corrected chi connectivity index (χ3v) is 8.36. The van der Waals surface area contributed by atoms with Gasteiger partial charge >= 0.3 is 0 Å². The summed E-state index contributed by atoms with van der Waals surface area (Å²) in [6, 6.07) is 11.9. The zero-order chi connectivity index (χ0) is 34.0. The van der Waals surface area contributed by atoms with E-state index in [9.17, 15) is 37.6 Å². The summed E-state index contributed by atoms with van der Waals surface area (Å²) in [6.07, 6.45) is 0.862. The first-order chi connectivity index (χ1) is 21.7. The molecule has 5 N–H and O–H groups in total. The molecule has 0 bridgehead atoms.